The first kappa shape index (κ1) is 29.7. The molecule has 2 fully saturated rings. The molecular formula is C31H35ClF3N7O. The number of aromatic nitrogens is 4. The van der Waals surface area contributed by atoms with Gasteiger partial charge in [-0.25, -0.2) is 14.6 Å². The third-order valence-corrected chi connectivity index (χ3v) is 9.21. The van der Waals surface area contributed by atoms with E-state index in [0.717, 1.165) is 65.7 Å². The number of epoxide rings is 1. The minimum atomic E-state index is -4.53. The summed E-state index contributed by atoms with van der Waals surface area (Å²) >= 11 is 5.79. The molecule has 0 bridgehead atoms. The lowest BCUT2D eigenvalue weighted by Gasteiger charge is -2.22. The summed E-state index contributed by atoms with van der Waals surface area (Å²) in [4.78, 5) is 11.2. The molecule has 0 spiro atoms. The van der Waals surface area contributed by atoms with Gasteiger partial charge in [-0.15, -0.1) is 0 Å². The average molecular weight is 614 g/mol. The van der Waals surface area contributed by atoms with Crippen LogP contribution in [0.2, 0.25) is 5.02 Å². The normalized spacial score (nSPS) is 22.2. The molecule has 5 unspecified atom stereocenters. The quantitative estimate of drug-likeness (QED) is 0.212. The van der Waals surface area contributed by atoms with Crippen LogP contribution in [-0.2, 0) is 17.5 Å². The summed E-state index contributed by atoms with van der Waals surface area (Å²) in [6, 6.07) is 9.95. The molecule has 4 heterocycles. The Kier molecular flexibility index (Phi) is 7.76. The number of hydrogen-bond donors (Lipinski definition) is 2. The van der Waals surface area contributed by atoms with Crippen LogP contribution >= 0.6 is 11.6 Å². The van der Waals surface area contributed by atoms with Crippen molar-refractivity contribution >= 4 is 34.1 Å². The van der Waals surface area contributed by atoms with E-state index in [2.05, 4.69) is 54.1 Å². The van der Waals surface area contributed by atoms with Crippen LogP contribution in [-0.4, -0.2) is 51.0 Å². The fourth-order valence-electron chi connectivity index (χ4n) is 6.23. The first-order chi connectivity index (χ1) is 20.4. The first-order valence-electron chi connectivity index (χ1n) is 14.4. The van der Waals surface area contributed by atoms with Gasteiger partial charge in [0.25, 0.3) is 0 Å². The number of nitrogen functional groups attached to an aromatic ring is 1. The molecule has 0 amide bonds. The van der Waals surface area contributed by atoms with E-state index in [0.29, 0.717) is 17.3 Å². The molecule has 0 saturated carbocycles. The molecule has 2 aliphatic heterocycles. The largest absolute Gasteiger partial charge is 0.417 e. The van der Waals surface area contributed by atoms with E-state index in [9.17, 15) is 13.2 Å². The summed E-state index contributed by atoms with van der Waals surface area (Å²) < 4.78 is 47.8. The van der Waals surface area contributed by atoms with Crippen molar-refractivity contribution in [1.29, 1.82) is 0 Å². The SMILES string of the molecule is Cc1ccc(NC2OC2c2ccc(Cl)c(C(F)(F)F)c2)cc1C(C)C(C)c1nn(CC2CCN(C)C2)c2ncnc(N)c12. The topological polar surface area (TPSA) is 97.4 Å². The van der Waals surface area contributed by atoms with Gasteiger partial charge in [0, 0.05) is 24.7 Å². The number of nitrogens with zero attached hydrogens (tertiary/aromatic N) is 5. The molecule has 2 aliphatic rings. The Morgan fingerprint density at radius 2 is 1.93 bits per heavy atom. The molecule has 2 aromatic heterocycles. The Morgan fingerprint density at radius 3 is 2.65 bits per heavy atom. The first-order valence-corrected chi connectivity index (χ1v) is 14.8. The minimum Gasteiger partial charge on any atom is -0.383 e. The van der Waals surface area contributed by atoms with Gasteiger partial charge in [0.1, 0.15) is 18.2 Å². The highest BCUT2D eigenvalue weighted by molar-refractivity contribution is 6.31. The van der Waals surface area contributed by atoms with Crippen molar-refractivity contribution in [1.82, 2.24) is 24.6 Å². The molecule has 5 atom stereocenters. The van der Waals surface area contributed by atoms with Crippen molar-refractivity contribution in [2.24, 2.45) is 5.92 Å². The summed E-state index contributed by atoms with van der Waals surface area (Å²) in [5, 5.41) is 8.86. The molecule has 2 saturated heterocycles. The van der Waals surface area contributed by atoms with E-state index < -0.39 is 24.1 Å². The van der Waals surface area contributed by atoms with Gasteiger partial charge in [-0.2, -0.15) is 18.3 Å². The lowest BCUT2D eigenvalue weighted by molar-refractivity contribution is -0.137. The Bertz CT molecular complexity index is 1660. The summed E-state index contributed by atoms with van der Waals surface area (Å²) in [5.74, 6) is 0.981. The fourth-order valence-corrected chi connectivity index (χ4v) is 6.45. The lowest BCUT2D eigenvalue weighted by atomic mass is 9.83. The van der Waals surface area contributed by atoms with E-state index in [4.69, 9.17) is 27.2 Å². The van der Waals surface area contributed by atoms with Crippen molar-refractivity contribution < 1.29 is 17.9 Å². The van der Waals surface area contributed by atoms with Crippen LogP contribution in [0.5, 0.6) is 0 Å². The highest BCUT2D eigenvalue weighted by Crippen LogP contribution is 2.44. The second-order valence-corrected chi connectivity index (χ2v) is 12.4. The van der Waals surface area contributed by atoms with E-state index >= 15 is 0 Å². The third-order valence-electron chi connectivity index (χ3n) is 8.88. The summed E-state index contributed by atoms with van der Waals surface area (Å²) in [5.41, 5.74) is 10.6. The summed E-state index contributed by atoms with van der Waals surface area (Å²) in [6.45, 7) is 9.25. The Morgan fingerprint density at radius 1 is 1.14 bits per heavy atom. The molecule has 4 aromatic rings. The Hall–Kier alpha value is -3.41. The minimum absolute atomic E-state index is 0.00275. The third kappa shape index (κ3) is 5.90. The molecular weight excluding hydrogens is 579 g/mol. The number of likely N-dealkylation sites (tertiary alicyclic amines) is 1. The summed E-state index contributed by atoms with van der Waals surface area (Å²) in [7, 11) is 2.14. The van der Waals surface area contributed by atoms with E-state index in [1.165, 1.54) is 12.4 Å². The molecule has 3 N–H and O–H groups in total. The van der Waals surface area contributed by atoms with Gasteiger partial charge in [0.2, 0.25) is 0 Å². The van der Waals surface area contributed by atoms with Gasteiger partial charge in [-0.05, 0) is 79.7 Å². The number of nitrogens with two attached hydrogens (primary N) is 1. The standard InChI is InChI=1S/C31H35ClF3N7O/c1-16-5-7-21(39-30-27(43-30)20-6-8-24(32)23(11-20)31(33,34)35)12-22(16)17(2)18(3)26-25-28(36)37-15-38-29(25)42(40-26)14-19-9-10-41(4)13-19/h5-8,11-12,15,17-19,27,30,39H,9-10,13-14H2,1-4H3,(H2,36,37,38). The van der Waals surface area contributed by atoms with Crippen LogP contribution in [0.15, 0.2) is 42.7 Å². The van der Waals surface area contributed by atoms with Crippen molar-refractivity contribution in [3.8, 4) is 0 Å². The Balaban J connectivity index is 1.22. The maximum atomic E-state index is 13.4. The number of anilines is 2. The maximum absolute atomic E-state index is 13.4. The molecule has 2 aromatic carbocycles. The molecule has 8 nitrogen and oxygen atoms in total. The predicted molar refractivity (Wildman–Crippen MR) is 161 cm³/mol. The average Bonchev–Trinajstić information content (AvgIpc) is 3.44. The molecule has 0 radical (unpaired) electrons. The maximum Gasteiger partial charge on any atom is 0.417 e. The van der Waals surface area contributed by atoms with Crippen molar-refractivity contribution in [3.63, 3.8) is 0 Å². The zero-order chi connectivity index (χ0) is 30.6. The lowest BCUT2D eigenvalue weighted by Crippen LogP contribution is -2.18. The number of alkyl halides is 3. The Labute approximate surface area is 253 Å². The van der Waals surface area contributed by atoms with Crippen molar-refractivity contribution in [2.75, 3.05) is 31.2 Å². The molecule has 0 aliphatic carbocycles. The summed E-state index contributed by atoms with van der Waals surface area (Å²) in [6.07, 6.45) is -2.87. The number of hydrogen-bond acceptors (Lipinski definition) is 7. The van der Waals surface area contributed by atoms with Gasteiger partial charge >= 0.3 is 6.18 Å². The van der Waals surface area contributed by atoms with Crippen molar-refractivity contribution in [3.05, 3.63) is 75.7 Å². The van der Waals surface area contributed by atoms with Crippen LogP contribution in [0.1, 0.15) is 66.2 Å². The second-order valence-electron chi connectivity index (χ2n) is 11.9. The van der Waals surface area contributed by atoms with E-state index in [1.807, 2.05) is 16.8 Å². The number of rotatable bonds is 8. The van der Waals surface area contributed by atoms with Crippen LogP contribution in [0.25, 0.3) is 11.0 Å². The molecule has 43 heavy (non-hydrogen) atoms. The number of halogens is 4. The van der Waals surface area contributed by atoms with Gasteiger partial charge < -0.3 is 20.7 Å². The van der Waals surface area contributed by atoms with Crippen LogP contribution in [0, 0.1) is 12.8 Å². The van der Waals surface area contributed by atoms with Gasteiger partial charge in [0.15, 0.2) is 11.9 Å². The number of aryl methyl sites for hydroxylation is 1. The van der Waals surface area contributed by atoms with Crippen LogP contribution in [0.3, 0.4) is 0 Å². The predicted octanol–water partition coefficient (Wildman–Crippen LogP) is 6.76. The molecule has 228 valence electrons. The van der Waals surface area contributed by atoms with E-state index in [1.54, 1.807) is 6.07 Å². The zero-order valence-electron chi connectivity index (χ0n) is 24.5. The van der Waals surface area contributed by atoms with Crippen molar-refractivity contribution in [2.45, 2.75) is 64.1 Å². The smallest absolute Gasteiger partial charge is 0.383 e. The van der Waals surface area contributed by atoms with Gasteiger partial charge in [-0.1, -0.05) is 37.6 Å². The van der Waals surface area contributed by atoms with E-state index in [-0.39, 0.29) is 16.9 Å². The van der Waals surface area contributed by atoms with Gasteiger partial charge in [0.05, 0.1) is 21.7 Å². The van der Waals surface area contributed by atoms with Crippen LogP contribution in [0.4, 0.5) is 24.7 Å². The fraction of sp³-hybridized carbons (Fsp3) is 0.452. The number of nitrogens with one attached hydrogen (secondary N) is 1. The van der Waals surface area contributed by atoms with Gasteiger partial charge in [-0.3, -0.25) is 0 Å². The second kappa shape index (κ2) is 11.3. The number of ether oxygens (including phenoxy) is 1. The monoisotopic (exact) mass is 613 g/mol. The number of benzene rings is 2. The highest BCUT2D eigenvalue weighted by atomic mass is 35.5. The number of fused-ring (bicyclic) bond motifs is 1. The van der Waals surface area contributed by atoms with Crippen LogP contribution < -0.4 is 11.1 Å². The molecule has 12 heteroatoms. The highest BCUT2D eigenvalue weighted by Gasteiger charge is 2.42. The molecule has 6 rings (SSSR count). The zero-order valence-corrected chi connectivity index (χ0v) is 25.2.